The highest BCUT2D eigenvalue weighted by molar-refractivity contribution is 6.03. The second-order valence-corrected chi connectivity index (χ2v) is 4.88. The predicted molar refractivity (Wildman–Crippen MR) is 77.5 cm³/mol. The van der Waals surface area contributed by atoms with Crippen LogP contribution in [0.4, 0.5) is 0 Å². The Balaban J connectivity index is 2.47. The molecule has 1 aliphatic heterocycles. The van der Waals surface area contributed by atoms with E-state index in [-0.39, 0.29) is 0 Å². The van der Waals surface area contributed by atoms with Crippen LogP contribution >= 0.6 is 0 Å². The van der Waals surface area contributed by atoms with Crippen LogP contribution in [0, 0.1) is 0 Å². The van der Waals surface area contributed by atoms with Crippen LogP contribution in [0.15, 0.2) is 24.2 Å². The van der Waals surface area contributed by atoms with Crippen molar-refractivity contribution in [1.82, 2.24) is 0 Å². The smallest absolute Gasteiger partial charge is 0.341 e. The quantitative estimate of drug-likeness (QED) is 0.466. The Morgan fingerprint density at radius 2 is 1.60 bits per heavy atom. The molecule has 5 atom stereocenters. The average Bonchev–Trinajstić information content (AvgIpc) is 2.68. The van der Waals surface area contributed by atoms with Crippen LogP contribution in [-0.4, -0.2) is 76.1 Å². The van der Waals surface area contributed by atoms with E-state index in [1.807, 2.05) is 0 Å². The molecule has 136 valence electrons. The van der Waals surface area contributed by atoms with Gasteiger partial charge in [0.05, 0.1) is 23.7 Å². The maximum Gasteiger partial charge on any atom is 0.341 e. The Morgan fingerprint density at radius 3 is 2.12 bits per heavy atom. The minimum Gasteiger partial charge on any atom is -0.479 e. The Kier molecular flexibility index (Phi) is 4.16. The van der Waals surface area contributed by atoms with Crippen molar-refractivity contribution < 1.29 is 54.5 Å². The van der Waals surface area contributed by atoms with E-state index in [4.69, 9.17) is 20.1 Å². The zero-order chi connectivity index (χ0) is 22.2. The lowest BCUT2D eigenvalue weighted by molar-refractivity contribution is -0.278. The molecule has 4 N–H and O–H groups in total. The van der Waals surface area contributed by atoms with Crippen molar-refractivity contribution in [2.45, 2.75) is 30.7 Å². The first-order valence-electron chi connectivity index (χ1n) is 8.76. The third-order valence-corrected chi connectivity index (χ3v) is 3.32. The molecule has 10 nitrogen and oxygen atoms in total. The number of esters is 2. The van der Waals surface area contributed by atoms with Crippen LogP contribution in [0.2, 0.25) is 0 Å². The highest BCUT2D eigenvalue weighted by Gasteiger charge is 2.48. The number of aliphatic hydroxyl groups excluding tert-OH is 3. The summed E-state index contributed by atoms with van der Waals surface area (Å²) in [5, 5.41) is 38.3. The van der Waals surface area contributed by atoms with Crippen LogP contribution in [-0.2, 0) is 19.0 Å². The van der Waals surface area contributed by atoms with Gasteiger partial charge in [-0.3, -0.25) is 0 Å². The van der Waals surface area contributed by atoms with Gasteiger partial charge in [0.15, 0.2) is 6.10 Å². The van der Waals surface area contributed by atoms with Crippen LogP contribution in [0.25, 0.3) is 0 Å². The number of rotatable bonds is 4. The molecule has 0 amide bonds. The Bertz CT molecular complexity index is 860. The molecular formula is C15H16O10. The zero-order valence-corrected chi connectivity index (χ0v) is 12.6. The number of aliphatic carboxylic acids is 1. The van der Waals surface area contributed by atoms with Gasteiger partial charge in [0.2, 0.25) is 6.29 Å². The van der Waals surface area contributed by atoms with Gasteiger partial charge in [-0.25, -0.2) is 14.4 Å². The van der Waals surface area contributed by atoms with Gasteiger partial charge < -0.3 is 34.6 Å². The number of methoxy groups -OCH3 is 1. The number of ether oxygens (including phenoxy) is 3. The molecule has 2 rings (SSSR count). The van der Waals surface area contributed by atoms with Crippen molar-refractivity contribution in [3.05, 3.63) is 35.3 Å². The SMILES string of the molecule is [2H]c1c([2H])c([2H])c(C(=O)O[C@@H]2O[C@H](C(=O)O)[C@@H](O)[C@H](O)[C@H]2O)c(C(=O)OC)c1[2H]. The molecule has 0 unspecified atom stereocenters. The monoisotopic (exact) mass is 360 g/mol. The van der Waals surface area contributed by atoms with E-state index in [0.717, 1.165) is 7.11 Å². The van der Waals surface area contributed by atoms with Crippen LogP contribution in [0.1, 0.15) is 26.2 Å². The number of hydrogen-bond donors (Lipinski definition) is 4. The molecule has 1 aromatic rings. The van der Waals surface area contributed by atoms with Gasteiger partial charge in [-0.1, -0.05) is 12.1 Å². The molecule has 0 aliphatic carbocycles. The molecule has 0 spiro atoms. The number of carboxylic acids is 1. The molecule has 0 saturated carbocycles. The van der Waals surface area contributed by atoms with Crippen molar-refractivity contribution >= 4 is 17.9 Å². The van der Waals surface area contributed by atoms with Gasteiger partial charge in [0, 0.05) is 0 Å². The van der Waals surface area contributed by atoms with Crippen molar-refractivity contribution in [3.63, 3.8) is 0 Å². The van der Waals surface area contributed by atoms with Crippen LogP contribution < -0.4 is 0 Å². The molecule has 1 fully saturated rings. The molecule has 1 aromatic carbocycles. The molecule has 25 heavy (non-hydrogen) atoms. The number of carbonyl (C=O) groups excluding carboxylic acids is 2. The summed E-state index contributed by atoms with van der Waals surface area (Å²) in [7, 11) is 0.905. The largest absolute Gasteiger partial charge is 0.479 e. The number of hydrogen-bond acceptors (Lipinski definition) is 9. The van der Waals surface area contributed by atoms with Crippen molar-refractivity contribution in [1.29, 1.82) is 0 Å². The summed E-state index contributed by atoms with van der Waals surface area (Å²) in [5.74, 6) is -4.61. The molecule has 1 saturated heterocycles. The van der Waals surface area contributed by atoms with E-state index in [9.17, 15) is 29.7 Å². The molecule has 10 heteroatoms. The highest BCUT2D eigenvalue weighted by Crippen LogP contribution is 2.24. The standard InChI is InChI=1S/C15H16O10/c1-23-13(21)6-4-2-3-5-7(6)14(22)25-15-10(18)8(16)9(17)11(24-15)12(19)20/h2-5,8-11,15-18H,1H3,(H,19,20)/t8-,9-,10+,11-,15-/m0/s1/i2D,3D,4D,5D. The van der Waals surface area contributed by atoms with E-state index in [1.165, 1.54) is 0 Å². The summed E-state index contributed by atoms with van der Waals surface area (Å²) in [4.78, 5) is 35.6. The van der Waals surface area contributed by atoms with Gasteiger partial charge >= 0.3 is 17.9 Å². The van der Waals surface area contributed by atoms with Gasteiger partial charge in [0.1, 0.15) is 18.3 Å². The topological polar surface area (TPSA) is 160 Å². The van der Waals surface area contributed by atoms with E-state index in [1.54, 1.807) is 0 Å². The van der Waals surface area contributed by atoms with Crippen LogP contribution in [0.5, 0.6) is 0 Å². The summed E-state index contributed by atoms with van der Waals surface area (Å²) in [6.45, 7) is 0. The summed E-state index contributed by atoms with van der Waals surface area (Å²) >= 11 is 0. The lowest BCUT2D eigenvalue weighted by Crippen LogP contribution is -2.60. The lowest BCUT2D eigenvalue weighted by Gasteiger charge is -2.37. The fourth-order valence-electron chi connectivity index (χ4n) is 2.03. The minimum absolute atomic E-state index is 0.828. The van der Waals surface area contributed by atoms with E-state index in [0.29, 0.717) is 0 Å². The second-order valence-electron chi connectivity index (χ2n) is 4.88. The fraction of sp³-hybridized carbons (Fsp3) is 0.400. The van der Waals surface area contributed by atoms with Crippen molar-refractivity contribution in [3.8, 4) is 0 Å². The predicted octanol–water partition coefficient (Wildman–Crippen LogP) is -1.48. The van der Waals surface area contributed by atoms with E-state index >= 15 is 0 Å². The van der Waals surface area contributed by atoms with Crippen LogP contribution in [0.3, 0.4) is 0 Å². The Labute approximate surface area is 146 Å². The maximum absolute atomic E-state index is 12.5. The minimum atomic E-state index is -2.13. The van der Waals surface area contributed by atoms with E-state index < -0.39 is 83.9 Å². The van der Waals surface area contributed by atoms with Gasteiger partial charge in [-0.2, -0.15) is 0 Å². The third kappa shape index (κ3) is 3.77. The molecule has 0 bridgehead atoms. The molecule has 0 radical (unpaired) electrons. The highest BCUT2D eigenvalue weighted by atomic mass is 16.7. The van der Waals surface area contributed by atoms with Gasteiger partial charge in [-0.05, 0) is 12.1 Å². The first-order valence-corrected chi connectivity index (χ1v) is 6.76. The fourth-order valence-corrected chi connectivity index (χ4v) is 2.03. The van der Waals surface area contributed by atoms with E-state index in [2.05, 4.69) is 4.74 Å². The second kappa shape index (κ2) is 7.57. The first kappa shape index (κ1) is 13.7. The average molecular weight is 360 g/mol. The lowest BCUT2D eigenvalue weighted by atomic mass is 9.99. The summed E-state index contributed by atoms with van der Waals surface area (Å²) in [5.41, 5.74) is -1.81. The maximum atomic E-state index is 12.5. The molecule has 1 heterocycles. The zero-order valence-electron chi connectivity index (χ0n) is 16.6. The van der Waals surface area contributed by atoms with Gasteiger partial charge in [0.25, 0.3) is 0 Å². The molecule has 0 aromatic heterocycles. The molecule has 1 aliphatic rings. The van der Waals surface area contributed by atoms with Crippen molar-refractivity contribution in [2.24, 2.45) is 0 Å². The van der Waals surface area contributed by atoms with Crippen molar-refractivity contribution in [2.75, 3.05) is 7.11 Å². The summed E-state index contributed by atoms with van der Waals surface area (Å²) in [6, 6.07) is -3.56. The summed E-state index contributed by atoms with van der Waals surface area (Å²) < 4.78 is 44.8. The number of carboxylic acid groups (broad SMARTS) is 1. The third-order valence-electron chi connectivity index (χ3n) is 3.32. The number of aliphatic hydroxyl groups is 3. The number of benzene rings is 1. The summed E-state index contributed by atoms with van der Waals surface area (Å²) in [6.07, 6.45) is -10.4. The normalized spacial score (nSPS) is 31.1. The Hall–Kier alpha value is -2.53. The molecular weight excluding hydrogens is 340 g/mol. The van der Waals surface area contributed by atoms with Gasteiger partial charge in [-0.15, -0.1) is 0 Å². The first-order chi connectivity index (χ1) is 13.4. The Morgan fingerprint density at radius 1 is 1.04 bits per heavy atom. The number of carbonyl (C=O) groups is 3.